The molecule has 0 spiro atoms. The van der Waals surface area contributed by atoms with E-state index in [0.717, 1.165) is 0 Å². The maximum atomic E-state index is 9.64. The van der Waals surface area contributed by atoms with Gasteiger partial charge in [-0.3, -0.25) is 5.41 Å². The first-order valence-corrected chi connectivity index (χ1v) is 7.35. The van der Waals surface area contributed by atoms with Crippen LogP contribution in [0.15, 0.2) is 46.6 Å². The van der Waals surface area contributed by atoms with E-state index < -0.39 is 0 Å². The molecule has 7 nitrogen and oxygen atoms in total. The molecular formula is C15H14Cl3N5O2. The highest BCUT2D eigenvalue weighted by Crippen LogP contribution is 2.20. The van der Waals surface area contributed by atoms with Crippen molar-refractivity contribution in [2.75, 3.05) is 0 Å². The molecule has 132 valence electrons. The summed E-state index contributed by atoms with van der Waals surface area (Å²) >= 11 is 11.4. The third-order valence-corrected chi connectivity index (χ3v) is 3.22. The van der Waals surface area contributed by atoms with E-state index in [9.17, 15) is 10.2 Å². The summed E-state index contributed by atoms with van der Waals surface area (Å²) in [5.41, 5.74) is 5.64. The lowest BCUT2D eigenvalue weighted by atomic mass is 10.2. The molecule has 0 aliphatic carbocycles. The van der Waals surface area contributed by atoms with E-state index in [1.54, 1.807) is 24.3 Å². The van der Waals surface area contributed by atoms with Crippen LogP contribution >= 0.6 is 35.6 Å². The number of guanidine groups is 1. The summed E-state index contributed by atoms with van der Waals surface area (Å²) < 4.78 is 0. The summed E-state index contributed by atoms with van der Waals surface area (Å²) in [6.07, 6.45) is 2.66. The van der Waals surface area contributed by atoms with Crippen LogP contribution < -0.4 is 10.9 Å². The zero-order valence-electron chi connectivity index (χ0n) is 12.6. The largest absolute Gasteiger partial charge is 0.507 e. The molecule has 25 heavy (non-hydrogen) atoms. The van der Waals surface area contributed by atoms with Crippen LogP contribution in [0.5, 0.6) is 11.5 Å². The lowest BCUT2D eigenvalue weighted by Gasteiger charge is -2.02. The Morgan fingerprint density at radius 3 is 1.64 bits per heavy atom. The van der Waals surface area contributed by atoms with Gasteiger partial charge in [-0.1, -0.05) is 23.2 Å². The van der Waals surface area contributed by atoms with E-state index in [1.165, 1.54) is 24.6 Å². The number of phenolic OH excluding ortho intramolecular Hbond substituents is 2. The van der Waals surface area contributed by atoms with E-state index >= 15 is 0 Å². The molecule has 2 rings (SSSR count). The summed E-state index contributed by atoms with van der Waals surface area (Å²) in [5.74, 6) is -0.253. The predicted molar refractivity (Wildman–Crippen MR) is 103 cm³/mol. The van der Waals surface area contributed by atoms with Gasteiger partial charge >= 0.3 is 0 Å². The lowest BCUT2D eigenvalue weighted by Crippen LogP contribution is -2.29. The molecule has 0 unspecified atom stereocenters. The maximum Gasteiger partial charge on any atom is 0.230 e. The molecule has 0 aromatic heterocycles. The van der Waals surface area contributed by atoms with Crippen molar-refractivity contribution in [3.63, 3.8) is 0 Å². The van der Waals surface area contributed by atoms with E-state index in [0.29, 0.717) is 21.2 Å². The van der Waals surface area contributed by atoms with Crippen molar-refractivity contribution < 1.29 is 10.2 Å². The molecule has 0 fully saturated rings. The van der Waals surface area contributed by atoms with Crippen molar-refractivity contribution in [3.8, 4) is 11.5 Å². The van der Waals surface area contributed by atoms with E-state index in [1.807, 2.05) is 0 Å². The number of nitrogens with one attached hydrogen (secondary N) is 3. The molecule has 0 aliphatic rings. The number of rotatable bonds is 4. The Bertz CT molecular complexity index is 746. The second-order valence-electron chi connectivity index (χ2n) is 4.52. The van der Waals surface area contributed by atoms with Crippen LogP contribution in [-0.4, -0.2) is 28.6 Å². The standard InChI is InChI=1S/C15H13Cl2N5O2.ClH/c16-11-3-1-9(13(23)5-11)7-19-21-15(18)22-20-8-10-2-4-12(17)6-14(10)24;/h1-8,23-24H,(H3,18,21,22);1H. The molecule has 0 saturated heterocycles. The van der Waals surface area contributed by atoms with E-state index in [-0.39, 0.29) is 29.9 Å². The molecule has 0 radical (unpaired) electrons. The predicted octanol–water partition coefficient (Wildman–Crippen LogP) is 3.31. The first-order chi connectivity index (χ1) is 11.5. The Labute approximate surface area is 159 Å². The molecule has 0 saturated carbocycles. The van der Waals surface area contributed by atoms with E-state index in [4.69, 9.17) is 28.6 Å². The average molecular weight is 403 g/mol. The molecule has 0 atom stereocenters. The second kappa shape index (κ2) is 9.73. The first-order valence-electron chi connectivity index (χ1n) is 6.59. The molecule has 2 aromatic carbocycles. The van der Waals surface area contributed by atoms with Gasteiger partial charge in [-0.05, 0) is 36.4 Å². The number of phenols is 2. The Balaban J connectivity index is 0.00000312. The van der Waals surface area contributed by atoms with Crippen LogP contribution in [-0.2, 0) is 0 Å². The van der Waals surface area contributed by atoms with Crippen LogP contribution in [0.4, 0.5) is 0 Å². The molecule has 5 N–H and O–H groups in total. The summed E-state index contributed by atoms with van der Waals surface area (Å²) in [6.45, 7) is 0. The van der Waals surface area contributed by atoms with Gasteiger partial charge in [0.15, 0.2) is 0 Å². The third-order valence-electron chi connectivity index (χ3n) is 2.74. The summed E-state index contributed by atoms with van der Waals surface area (Å²) in [6, 6.07) is 9.15. The summed E-state index contributed by atoms with van der Waals surface area (Å²) in [7, 11) is 0. The lowest BCUT2D eigenvalue weighted by molar-refractivity contribution is 0.474. The minimum absolute atomic E-state index is 0. The normalized spacial score (nSPS) is 10.6. The topological polar surface area (TPSA) is 113 Å². The monoisotopic (exact) mass is 401 g/mol. The molecule has 0 heterocycles. The van der Waals surface area contributed by atoms with Crippen LogP contribution in [0, 0.1) is 5.41 Å². The van der Waals surface area contributed by atoms with Crippen molar-refractivity contribution in [3.05, 3.63) is 57.6 Å². The number of nitrogens with zero attached hydrogens (tertiary/aromatic N) is 2. The quantitative estimate of drug-likeness (QED) is 0.307. The van der Waals surface area contributed by atoms with Gasteiger partial charge in [0.25, 0.3) is 0 Å². The van der Waals surface area contributed by atoms with Crippen molar-refractivity contribution in [2.24, 2.45) is 10.2 Å². The van der Waals surface area contributed by atoms with Gasteiger partial charge in [-0.15, -0.1) is 12.4 Å². The Morgan fingerprint density at radius 1 is 0.880 bits per heavy atom. The van der Waals surface area contributed by atoms with Crippen LogP contribution in [0.1, 0.15) is 11.1 Å². The number of hydrogen-bond acceptors (Lipinski definition) is 5. The van der Waals surface area contributed by atoms with Gasteiger partial charge in [0.05, 0.1) is 12.4 Å². The fourth-order valence-electron chi connectivity index (χ4n) is 1.61. The highest BCUT2D eigenvalue weighted by Gasteiger charge is 2.00. The fourth-order valence-corrected chi connectivity index (χ4v) is 1.94. The van der Waals surface area contributed by atoms with Gasteiger partial charge in [-0.25, -0.2) is 10.9 Å². The van der Waals surface area contributed by atoms with Crippen molar-refractivity contribution in [1.82, 2.24) is 10.9 Å². The van der Waals surface area contributed by atoms with Gasteiger partial charge in [-0.2, -0.15) is 10.2 Å². The highest BCUT2D eigenvalue weighted by atomic mass is 35.5. The average Bonchev–Trinajstić information content (AvgIpc) is 2.51. The number of hydrogen-bond donors (Lipinski definition) is 5. The Morgan fingerprint density at radius 2 is 1.28 bits per heavy atom. The van der Waals surface area contributed by atoms with Gasteiger partial charge in [0.1, 0.15) is 11.5 Å². The molecule has 0 amide bonds. The van der Waals surface area contributed by atoms with E-state index in [2.05, 4.69) is 21.1 Å². The summed E-state index contributed by atoms with van der Waals surface area (Å²) in [4.78, 5) is 0. The van der Waals surface area contributed by atoms with Crippen LogP contribution in [0.2, 0.25) is 10.0 Å². The van der Waals surface area contributed by atoms with Crippen molar-refractivity contribution >= 4 is 54.0 Å². The molecular weight excluding hydrogens is 389 g/mol. The minimum Gasteiger partial charge on any atom is -0.507 e. The molecule has 0 aliphatic heterocycles. The van der Waals surface area contributed by atoms with Crippen molar-refractivity contribution in [2.45, 2.75) is 0 Å². The third kappa shape index (κ3) is 6.50. The zero-order valence-corrected chi connectivity index (χ0v) is 14.9. The number of benzene rings is 2. The Hall–Kier alpha value is -2.48. The van der Waals surface area contributed by atoms with Gasteiger partial charge < -0.3 is 10.2 Å². The highest BCUT2D eigenvalue weighted by molar-refractivity contribution is 6.31. The van der Waals surface area contributed by atoms with Gasteiger partial charge in [0.2, 0.25) is 5.96 Å². The number of halogens is 3. The summed E-state index contributed by atoms with van der Waals surface area (Å²) in [5, 5.41) is 35.2. The Kier molecular flexibility index (Phi) is 8.00. The molecule has 0 bridgehead atoms. The van der Waals surface area contributed by atoms with Gasteiger partial charge in [0, 0.05) is 21.2 Å². The smallest absolute Gasteiger partial charge is 0.230 e. The van der Waals surface area contributed by atoms with Crippen LogP contribution in [0.25, 0.3) is 0 Å². The minimum atomic E-state index is -0.204. The SMILES string of the molecule is Cl.N=C(NN=Cc1ccc(Cl)cc1O)NN=Cc1ccc(Cl)cc1O. The molecule has 10 heteroatoms. The molecule has 2 aromatic rings. The fraction of sp³-hybridized carbons (Fsp3) is 0. The maximum absolute atomic E-state index is 9.64. The second-order valence-corrected chi connectivity index (χ2v) is 5.39. The first kappa shape index (κ1) is 20.6. The van der Waals surface area contributed by atoms with Crippen LogP contribution in [0.3, 0.4) is 0 Å². The number of hydrazone groups is 2. The number of aromatic hydroxyl groups is 2. The van der Waals surface area contributed by atoms with Crippen molar-refractivity contribution in [1.29, 1.82) is 5.41 Å². The zero-order chi connectivity index (χ0) is 17.5.